The molecular formula is C13H19N3O. The van der Waals surface area contributed by atoms with Gasteiger partial charge in [-0.05, 0) is 12.0 Å². The van der Waals surface area contributed by atoms with E-state index < -0.39 is 0 Å². The molecule has 0 saturated carbocycles. The Bertz CT molecular complexity index is 366. The number of rotatable bonds is 4. The van der Waals surface area contributed by atoms with Gasteiger partial charge in [0.15, 0.2) is 0 Å². The van der Waals surface area contributed by atoms with Gasteiger partial charge >= 0.3 is 0 Å². The van der Waals surface area contributed by atoms with Gasteiger partial charge in [-0.25, -0.2) is 0 Å². The first kappa shape index (κ1) is 12.1. The van der Waals surface area contributed by atoms with Gasteiger partial charge in [0.1, 0.15) is 11.9 Å². The zero-order valence-electron chi connectivity index (χ0n) is 9.93. The minimum Gasteiger partial charge on any atom is -0.385 e. The number of morpholine rings is 1. The summed E-state index contributed by atoms with van der Waals surface area (Å²) in [5.74, 6) is 0.134. The van der Waals surface area contributed by atoms with Crippen LogP contribution in [0.25, 0.3) is 0 Å². The molecule has 0 aliphatic carbocycles. The maximum absolute atomic E-state index is 7.40. The summed E-state index contributed by atoms with van der Waals surface area (Å²) in [4.78, 5) is 2.31. The quantitative estimate of drug-likeness (QED) is 0.599. The Balaban J connectivity index is 1.81. The lowest BCUT2D eigenvalue weighted by Gasteiger charge is -2.32. The molecule has 1 saturated heterocycles. The highest BCUT2D eigenvalue weighted by Crippen LogP contribution is 2.07. The highest BCUT2D eigenvalue weighted by atomic mass is 16.5. The summed E-state index contributed by atoms with van der Waals surface area (Å²) in [5, 5.41) is 7.40. The van der Waals surface area contributed by atoms with E-state index in [1.54, 1.807) is 0 Å². The second-order valence-corrected chi connectivity index (χ2v) is 4.35. The molecule has 0 bridgehead atoms. The van der Waals surface area contributed by atoms with Crippen LogP contribution in [0.4, 0.5) is 0 Å². The van der Waals surface area contributed by atoms with E-state index in [0.29, 0.717) is 6.61 Å². The highest BCUT2D eigenvalue weighted by Gasteiger charge is 2.22. The minimum absolute atomic E-state index is 0.134. The molecule has 92 valence electrons. The normalized spacial score (nSPS) is 21.3. The molecular weight excluding hydrogens is 214 g/mol. The highest BCUT2D eigenvalue weighted by molar-refractivity contribution is 5.82. The van der Waals surface area contributed by atoms with Gasteiger partial charge in [0.25, 0.3) is 0 Å². The second kappa shape index (κ2) is 5.80. The average Bonchev–Trinajstić information content (AvgIpc) is 2.38. The molecule has 0 aromatic heterocycles. The Morgan fingerprint density at radius 2 is 2.18 bits per heavy atom. The molecule has 3 N–H and O–H groups in total. The van der Waals surface area contributed by atoms with Crippen LogP contribution in [-0.2, 0) is 11.2 Å². The molecule has 1 aromatic carbocycles. The van der Waals surface area contributed by atoms with Crippen LogP contribution in [0, 0.1) is 5.41 Å². The van der Waals surface area contributed by atoms with Crippen molar-refractivity contribution in [3.8, 4) is 0 Å². The molecule has 2 rings (SSSR count). The van der Waals surface area contributed by atoms with Crippen LogP contribution in [0.15, 0.2) is 30.3 Å². The summed E-state index contributed by atoms with van der Waals surface area (Å²) in [7, 11) is 0. The van der Waals surface area contributed by atoms with Crippen molar-refractivity contribution in [1.82, 2.24) is 4.90 Å². The lowest BCUT2D eigenvalue weighted by Crippen LogP contribution is -2.48. The van der Waals surface area contributed by atoms with E-state index in [1.165, 1.54) is 5.56 Å². The maximum atomic E-state index is 7.40. The van der Waals surface area contributed by atoms with Crippen molar-refractivity contribution in [3.63, 3.8) is 0 Å². The van der Waals surface area contributed by atoms with Crippen molar-refractivity contribution in [3.05, 3.63) is 35.9 Å². The Morgan fingerprint density at radius 3 is 2.88 bits per heavy atom. The van der Waals surface area contributed by atoms with Crippen molar-refractivity contribution in [1.29, 1.82) is 5.41 Å². The Labute approximate surface area is 102 Å². The first-order valence-corrected chi connectivity index (χ1v) is 5.97. The number of hydrogen-bond donors (Lipinski definition) is 2. The first-order chi connectivity index (χ1) is 8.25. The summed E-state index contributed by atoms with van der Waals surface area (Å²) < 4.78 is 5.43. The van der Waals surface area contributed by atoms with Crippen molar-refractivity contribution in [2.45, 2.75) is 12.5 Å². The number of hydrogen-bond acceptors (Lipinski definition) is 3. The number of nitrogens with one attached hydrogen (secondary N) is 1. The fourth-order valence-electron chi connectivity index (χ4n) is 2.03. The molecule has 4 heteroatoms. The van der Waals surface area contributed by atoms with Crippen LogP contribution in [0.1, 0.15) is 5.56 Å². The molecule has 1 fully saturated rings. The lowest BCUT2D eigenvalue weighted by atomic mass is 10.1. The van der Waals surface area contributed by atoms with Crippen LogP contribution in [-0.4, -0.2) is 43.1 Å². The van der Waals surface area contributed by atoms with E-state index in [0.717, 1.165) is 26.1 Å². The summed E-state index contributed by atoms with van der Waals surface area (Å²) in [6.45, 7) is 3.33. The monoisotopic (exact) mass is 233 g/mol. The summed E-state index contributed by atoms with van der Waals surface area (Å²) >= 11 is 0. The van der Waals surface area contributed by atoms with Crippen LogP contribution >= 0.6 is 0 Å². The van der Waals surface area contributed by atoms with Gasteiger partial charge in [-0.1, -0.05) is 30.3 Å². The second-order valence-electron chi connectivity index (χ2n) is 4.35. The predicted molar refractivity (Wildman–Crippen MR) is 68.2 cm³/mol. The fourth-order valence-corrected chi connectivity index (χ4v) is 2.03. The van der Waals surface area contributed by atoms with E-state index in [2.05, 4.69) is 29.2 Å². The number of benzene rings is 1. The molecule has 0 spiro atoms. The smallest absolute Gasteiger partial charge is 0.127 e. The number of nitrogens with two attached hydrogens (primary N) is 1. The van der Waals surface area contributed by atoms with Crippen LogP contribution < -0.4 is 5.73 Å². The van der Waals surface area contributed by atoms with Crippen molar-refractivity contribution < 1.29 is 4.74 Å². The van der Waals surface area contributed by atoms with Gasteiger partial charge in [-0.3, -0.25) is 10.3 Å². The van der Waals surface area contributed by atoms with Crippen molar-refractivity contribution in [2.75, 3.05) is 26.2 Å². The molecule has 0 radical (unpaired) electrons. The zero-order chi connectivity index (χ0) is 12.1. The Hall–Kier alpha value is -1.39. The summed E-state index contributed by atoms with van der Waals surface area (Å²) in [5.41, 5.74) is 6.81. The van der Waals surface area contributed by atoms with E-state index in [4.69, 9.17) is 15.9 Å². The number of nitrogens with zero attached hydrogens (tertiary/aromatic N) is 1. The predicted octanol–water partition coefficient (Wildman–Crippen LogP) is 0.866. The minimum atomic E-state index is -0.223. The van der Waals surface area contributed by atoms with E-state index >= 15 is 0 Å². The summed E-state index contributed by atoms with van der Waals surface area (Å²) in [6, 6.07) is 10.4. The Morgan fingerprint density at radius 1 is 1.41 bits per heavy atom. The van der Waals surface area contributed by atoms with Crippen LogP contribution in [0.3, 0.4) is 0 Å². The fraction of sp³-hybridized carbons (Fsp3) is 0.462. The van der Waals surface area contributed by atoms with E-state index in [-0.39, 0.29) is 11.9 Å². The molecule has 1 atom stereocenters. The third-order valence-electron chi connectivity index (χ3n) is 3.06. The average molecular weight is 233 g/mol. The number of ether oxygens (including phenoxy) is 1. The zero-order valence-corrected chi connectivity index (χ0v) is 9.93. The van der Waals surface area contributed by atoms with E-state index in [9.17, 15) is 0 Å². The van der Waals surface area contributed by atoms with Gasteiger partial charge in [0.05, 0.1) is 6.61 Å². The third kappa shape index (κ3) is 3.54. The van der Waals surface area contributed by atoms with E-state index in [1.807, 2.05) is 6.07 Å². The van der Waals surface area contributed by atoms with Crippen LogP contribution in [0.2, 0.25) is 0 Å². The van der Waals surface area contributed by atoms with Gasteiger partial charge in [0, 0.05) is 19.6 Å². The van der Waals surface area contributed by atoms with Gasteiger partial charge in [-0.2, -0.15) is 0 Å². The topological polar surface area (TPSA) is 62.3 Å². The molecule has 1 aromatic rings. The molecule has 1 aliphatic heterocycles. The molecule has 0 amide bonds. The first-order valence-electron chi connectivity index (χ1n) is 5.97. The molecule has 1 aliphatic rings. The SMILES string of the molecule is N=C(N)C1CN(CCc2ccccc2)CCO1. The van der Waals surface area contributed by atoms with Gasteiger partial charge in [0.2, 0.25) is 0 Å². The molecule has 17 heavy (non-hydrogen) atoms. The standard InChI is InChI=1S/C13H19N3O/c14-13(15)12-10-16(8-9-17-12)7-6-11-4-2-1-3-5-11/h1-5,12H,6-10H2,(H3,14,15). The third-order valence-corrected chi connectivity index (χ3v) is 3.06. The van der Waals surface area contributed by atoms with Crippen molar-refractivity contribution in [2.24, 2.45) is 5.73 Å². The van der Waals surface area contributed by atoms with Gasteiger partial charge in [-0.15, -0.1) is 0 Å². The molecule has 4 nitrogen and oxygen atoms in total. The largest absolute Gasteiger partial charge is 0.385 e. The maximum Gasteiger partial charge on any atom is 0.127 e. The molecule has 1 heterocycles. The molecule has 1 unspecified atom stereocenters. The summed E-state index contributed by atoms with van der Waals surface area (Å²) in [6.07, 6.45) is 0.811. The van der Waals surface area contributed by atoms with Gasteiger partial charge < -0.3 is 10.5 Å². The number of amidine groups is 1. The lowest BCUT2D eigenvalue weighted by molar-refractivity contribution is 0.00617. The Kier molecular flexibility index (Phi) is 4.12. The van der Waals surface area contributed by atoms with Crippen LogP contribution in [0.5, 0.6) is 0 Å². The van der Waals surface area contributed by atoms with Crippen molar-refractivity contribution >= 4 is 5.84 Å².